The highest BCUT2D eigenvalue weighted by Gasteiger charge is 2.41. The van der Waals surface area contributed by atoms with Crippen LogP contribution in [0.25, 0.3) is 5.65 Å². The Labute approximate surface area is 200 Å². The highest BCUT2D eigenvalue weighted by Crippen LogP contribution is 2.38. The Morgan fingerprint density at radius 1 is 1.20 bits per heavy atom. The number of halogens is 2. The number of carbonyl (C=O) groups excluding carboxylic acids is 2. The Morgan fingerprint density at radius 3 is 2.46 bits per heavy atom. The van der Waals surface area contributed by atoms with Crippen LogP contribution in [0.5, 0.6) is 5.88 Å². The van der Waals surface area contributed by atoms with Crippen LogP contribution in [-0.2, 0) is 13.1 Å². The lowest BCUT2D eigenvalue weighted by molar-refractivity contribution is -0.0499. The lowest BCUT2D eigenvalue weighted by atomic mass is 9.91. The van der Waals surface area contributed by atoms with E-state index in [4.69, 9.17) is 0 Å². The van der Waals surface area contributed by atoms with Crippen molar-refractivity contribution in [3.63, 3.8) is 0 Å². The normalized spacial score (nSPS) is 20.6. The summed E-state index contributed by atoms with van der Waals surface area (Å²) >= 11 is 0. The number of fused-ring (bicyclic) bond motifs is 3. The molecule has 10 nitrogen and oxygen atoms in total. The minimum absolute atomic E-state index is 0.0189. The van der Waals surface area contributed by atoms with Crippen molar-refractivity contribution in [3.8, 4) is 5.88 Å². The third kappa shape index (κ3) is 4.34. The van der Waals surface area contributed by atoms with Crippen LogP contribution in [0, 0.1) is 5.41 Å². The molecule has 0 spiro atoms. The second kappa shape index (κ2) is 7.92. The van der Waals surface area contributed by atoms with Crippen molar-refractivity contribution < 1.29 is 23.5 Å². The van der Waals surface area contributed by atoms with Crippen molar-refractivity contribution >= 4 is 23.4 Å². The van der Waals surface area contributed by atoms with E-state index >= 15 is 0 Å². The van der Waals surface area contributed by atoms with E-state index in [9.17, 15) is 28.3 Å². The molecule has 2 aliphatic carbocycles. The van der Waals surface area contributed by atoms with Gasteiger partial charge in [-0.25, -0.2) is 13.6 Å². The Kier molecular flexibility index (Phi) is 5.33. The molecule has 2 saturated carbocycles. The van der Waals surface area contributed by atoms with Crippen molar-refractivity contribution in [1.82, 2.24) is 24.4 Å². The summed E-state index contributed by atoms with van der Waals surface area (Å²) in [6.07, 6.45) is 1.38. The molecule has 0 atom stereocenters. The zero-order chi connectivity index (χ0) is 25.3. The number of hydrogen-bond acceptors (Lipinski definition) is 5. The maximum Gasteiger partial charge on any atom is 0.323 e. The van der Waals surface area contributed by atoms with E-state index in [0.29, 0.717) is 5.56 Å². The predicted molar refractivity (Wildman–Crippen MR) is 123 cm³/mol. The van der Waals surface area contributed by atoms with Gasteiger partial charge in [0.25, 0.3) is 11.5 Å². The van der Waals surface area contributed by atoms with Gasteiger partial charge in [0.1, 0.15) is 5.65 Å². The van der Waals surface area contributed by atoms with Crippen LogP contribution in [0.3, 0.4) is 0 Å². The smallest absolute Gasteiger partial charge is 0.323 e. The molecule has 3 heterocycles. The van der Waals surface area contributed by atoms with Gasteiger partial charge in [-0.1, -0.05) is 20.8 Å². The third-order valence-corrected chi connectivity index (χ3v) is 6.81. The van der Waals surface area contributed by atoms with Crippen LogP contribution in [-0.4, -0.2) is 54.1 Å². The highest BCUT2D eigenvalue weighted by atomic mass is 19.3. The van der Waals surface area contributed by atoms with Gasteiger partial charge in [-0.2, -0.15) is 4.52 Å². The van der Waals surface area contributed by atoms with Gasteiger partial charge in [-0.15, -0.1) is 5.10 Å². The summed E-state index contributed by atoms with van der Waals surface area (Å²) in [5.41, 5.74) is -0.646. The van der Waals surface area contributed by atoms with Gasteiger partial charge < -0.3 is 15.3 Å². The number of amides is 3. The number of rotatable bonds is 4. The third-order valence-electron chi connectivity index (χ3n) is 6.81. The topological polar surface area (TPSA) is 121 Å². The molecular formula is C23H30F2N6O4. The van der Waals surface area contributed by atoms with E-state index in [-0.39, 0.29) is 67.7 Å². The number of nitrogens with one attached hydrogen (secondary N) is 2. The zero-order valence-corrected chi connectivity index (χ0v) is 20.0. The summed E-state index contributed by atoms with van der Waals surface area (Å²) in [4.78, 5) is 40.7. The van der Waals surface area contributed by atoms with E-state index in [0.717, 1.165) is 17.4 Å². The number of hydrogen-bond donors (Lipinski definition) is 3. The number of carbonyl (C=O) groups is 2. The molecule has 0 bridgehead atoms. The van der Waals surface area contributed by atoms with Crippen molar-refractivity contribution in [3.05, 3.63) is 21.5 Å². The fourth-order valence-corrected chi connectivity index (χ4v) is 4.90. The Hall–Kier alpha value is -3.18. The van der Waals surface area contributed by atoms with Crippen LogP contribution < -0.4 is 16.2 Å². The first-order chi connectivity index (χ1) is 16.3. The first kappa shape index (κ1) is 23.6. The average Bonchev–Trinajstić information content (AvgIpc) is 3.48. The predicted octanol–water partition coefficient (Wildman–Crippen LogP) is 3.07. The van der Waals surface area contributed by atoms with Crippen molar-refractivity contribution in [1.29, 1.82) is 0 Å². The maximum atomic E-state index is 13.7. The zero-order valence-electron chi connectivity index (χ0n) is 20.0. The average molecular weight is 493 g/mol. The van der Waals surface area contributed by atoms with Gasteiger partial charge in [0, 0.05) is 31.5 Å². The molecular weight excluding hydrogens is 462 g/mol. The summed E-state index contributed by atoms with van der Waals surface area (Å²) in [7, 11) is 0. The number of urea groups is 1. The second-order valence-electron chi connectivity index (χ2n) is 11.1. The summed E-state index contributed by atoms with van der Waals surface area (Å²) in [6, 6.07) is -0.862. The number of alkyl halides is 2. The minimum atomic E-state index is -2.73. The molecule has 190 valence electrons. The van der Waals surface area contributed by atoms with Crippen LogP contribution in [0.2, 0.25) is 0 Å². The molecule has 0 aromatic carbocycles. The SMILES string of the molecule is CC(C)(C)Cn1c(=O)c(C(=O)NC2CC2)c(O)n2nc3c(c12)CN(C1CCC(F)(F)CC1)C(=O)N3. The second-order valence-corrected chi connectivity index (χ2v) is 11.1. The standard InChI is InChI=1S/C23H30F2N6O4/c1-22(2,3)11-30-18-14-10-29(13-6-8-23(24,25)9-7-13)21(35)27-16(14)28-31(18)20(34)15(19(30)33)17(32)26-12-4-5-12/h12-13,34H,4-11H2,1-3H3,(H,26,32)(H,27,28,35). The van der Waals surface area contributed by atoms with Crippen molar-refractivity contribution in [2.45, 2.75) is 90.4 Å². The molecule has 12 heteroatoms. The molecule has 5 rings (SSSR count). The van der Waals surface area contributed by atoms with Gasteiger partial charge in [0.2, 0.25) is 11.8 Å². The first-order valence-electron chi connectivity index (χ1n) is 12.0. The van der Waals surface area contributed by atoms with Crippen LogP contribution >= 0.6 is 0 Å². The van der Waals surface area contributed by atoms with Crippen LogP contribution in [0.4, 0.5) is 19.4 Å². The fourth-order valence-electron chi connectivity index (χ4n) is 4.90. The maximum absolute atomic E-state index is 13.7. The first-order valence-corrected chi connectivity index (χ1v) is 12.0. The van der Waals surface area contributed by atoms with E-state index in [1.165, 1.54) is 9.47 Å². The molecule has 3 amide bonds. The van der Waals surface area contributed by atoms with Gasteiger partial charge in [0.05, 0.1) is 12.1 Å². The Morgan fingerprint density at radius 2 is 1.86 bits per heavy atom. The number of nitrogens with zero attached hydrogens (tertiary/aromatic N) is 4. The van der Waals surface area contributed by atoms with Gasteiger partial charge >= 0.3 is 6.03 Å². The number of aromatic nitrogens is 3. The molecule has 3 aliphatic rings. The number of anilines is 1. The molecule has 0 radical (unpaired) electrons. The number of aromatic hydroxyl groups is 1. The van der Waals surface area contributed by atoms with Gasteiger partial charge in [0.15, 0.2) is 11.4 Å². The van der Waals surface area contributed by atoms with Crippen LogP contribution in [0.15, 0.2) is 4.79 Å². The minimum Gasteiger partial charge on any atom is -0.492 e. The summed E-state index contributed by atoms with van der Waals surface area (Å²) < 4.78 is 29.9. The molecule has 2 aromatic rings. The van der Waals surface area contributed by atoms with E-state index in [1.54, 1.807) is 0 Å². The molecule has 0 unspecified atom stereocenters. The quantitative estimate of drug-likeness (QED) is 0.606. The summed E-state index contributed by atoms with van der Waals surface area (Å²) in [5, 5.41) is 20.7. The van der Waals surface area contributed by atoms with E-state index in [2.05, 4.69) is 15.7 Å². The van der Waals surface area contributed by atoms with Gasteiger partial charge in [-0.3, -0.25) is 19.5 Å². The molecule has 1 aliphatic heterocycles. The van der Waals surface area contributed by atoms with Crippen molar-refractivity contribution in [2.75, 3.05) is 5.32 Å². The molecule has 2 fully saturated rings. The van der Waals surface area contributed by atoms with Gasteiger partial charge in [-0.05, 0) is 31.1 Å². The lowest BCUT2D eigenvalue weighted by Gasteiger charge is -2.38. The summed E-state index contributed by atoms with van der Waals surface area (Å²) in [5.74, 6) is -3.82. The largest absolute Gasteiger partial charge is 0.492 e. The monoisotopic (exact) mass is 492 g/mol. The highest BCUT2D eigenvalue weighted by molar-refractivity contribution is 5.97. The fraction of sp³-hybridized carbons (Fsp3) is 0.652. The van der Waals surface area contributed by atoms with Crippen molar-refractivity contribution in [2.24, 2.45) is 5.41 Å². The molecule has 0 saturated heterocycles. The molecule has 35 heavy (non-hydrogen) atoms. The van der Waals surface area contributed by atoms with E-state index < -0.39 is 34.9 Å². The Balaban J connectivity index is 1.61. The molecule has 2 aromatic heterocycles. The van der Waals surface area contributed by atoms with E-state index in [1.807, 2.05) is 20.8 Å². The Bertz CT molecular complexity index is 1260. The molecule has 3 N–H and O–H groups in total. The lowest BCUT2D eigenvalue weighted by Crippen LogP contribution is -2.48. The summed E-state index contributed by atoms with van der Waals surface area (Å²) in [6.45, 7) is 6.09. The van der Waals surface area contributed by atoms with Crippen LogP contribution in [0.1, 0.15) is 75.2 Å².